The fraction of sp³-hybridized carbons (Fsp3) is 0.455. The molecule has 0 radical (unpaired) electrons. The second-order valence-electron chi connectivity index (χ2n) is 4.02. The van der Waals surface area contributed by atoms with Crippen LogP contribution in [-0.4, -0.2) is 5.88 Å². The Morgan fingerprint density at radius 3 is 2.64 bits per heavy atom. The second-order valence-corrected chi connectivity index (χ2v) is 4.67. The van der Waals surface area contributed by atoms with Crippen LogP contribution in [0, 0.1) is 11.2 Å². The molecule has 1 aliphatic carbocycles. The predicted octanol–water partition coefficient (Wildman–Crippen LogP) is 4.04. The largest absolute Gasteiger partial charge is 0.205 e. The number of alkyl halides is 1. The zero-order chi connectivity index (χ0) is 10.2. The van der Waals surface area contributed by atoms with E-state index in [1.54, 1.807) is 6.07 Å². The van der Waals surface area contributed by atoms with Crippen LogP contribution in [0.4, 0.5) is 4.39 Å². The number of hydrogen-bond acceptors (Lipinski definition) is 0. The summed E-state index contributed by atoms with van der Waals surface area (Å²) in [7, 11) is 0. The normalized spacial score (nSPS) is 18.2. The maximum atomic E-state index is 13.1. The van der Waals surface area contributed by atoms with E-state index >= 15 is 0 Å². The van der Waals surface area contributed by atoms with E-state index in [2.05, 4.69) is 0 Å². The van der Waals surface area contributed by atoms with Gasteiger partial charge in [-0.25, -0.2) is 4.39 Å². The molecular formula is C11H11Cl2F. The monoisotopic (exact) mass is 232 g/mol. The average Bonchev–Trinajstić information content (AvgIpc) is 2.94. The molecule has 0 aromatic heterocycles. The van der Waals surface area contributed by atoms with Crippen LogP contribution in [0.15, 0.2) is 18.2 Å². The molecule has 0 amide bonds. The van der Waals surface area contributed by atoms with Gasteiger partial charge in [-0.15, -0.1) is 11.6 Å². The van der Waals surface area contributed by atoms with E-state index in [0.717, 1.165) is 24.8 Å². The highest BCUT2D eigenvalue weighted by Crippen LogP contribution is 2.50. The Kier molecular flexibility index (Phi) is 2.72. The van der Waals surface area contributed by atoms with Crippen molar-refractivity contribution >= 4 is 23.2 Å². The summed E-state index contributed by atoms with van der Waals surface area (Å²) in [4.78, 5) is 0. The highest BCUT2D eigenvalue weighted by atomic mass is 35.5. The third kappa shape index (κ3) is 1.89. The first-order valence-electron chi connectivity index (χ1n) is 4.66. The van der Waals surface area contributed by atoms with E-state index in [9.17, 15) is 4.39 Å². The molecule has 0 saturated heterocycles. The molecule has 0 N–H and O–H groups in total. The highest BCUT2D eigenvalue weighted by Gasteiger charge is 2.42. The maximum Gasteiger partial charge on any atom is 0.142 e. The van der Waals surface area contributed by atoms with Gasteiger partial charge in [0.2, 0.25) is 0 Å². The first-order valence-corrected chi connectivity index (χ1v) is 5.57. The number of halogens is 3. The standard InChI is InChI=1S/C11H11Cl2F/c12-7-11(4-5-11)6-8-2-1-3-9(14)10(8)13/h1-3H,4-7H2. The van der Waals surface area contributed by atoms with Gasteiger partial charge in [-0.2, -0.15) is 0 Å². The number of hydrogen-bond donors (Lipinski definition) is 0. The summed E-state index contributed by atoms with van der Waals surface area (Å²) in [5, 5.41) is 0.254. The van der Waals surface area contributed by atoms with Crippen LogP contribution in [0.2, 0.25) is 5.02 Å². The van der Waals surface area contributed by atoms with E-state index in [1.165, 1.54) is 6.07 Å². The molecule has 0 aliphatic heterocycles. The molecule has 76 valence electrons. The number of benzene rings is 1. The molecule has 1 aromatic carbocycles. The summed E-state index contributed by atoms with van der Waals surface area (Å²) in [6, 6.07) is 4.95. The van der Waals surface area contributed by atoms with Crippen molar-refractivity contribution in [3.05, 3.63) is 34.6 Å². The van der Waals surface area contributed by atoms with Crippen LogP contribution >= 0.6 is 23.2 Å². The molecule has 1 aromatic rings. The van der Waals surface area contributed by atoms with Crippen molar-refractivity contribution in [1.82, 2.24) is 0 Å². The molecule has 0 atom stereocenters. The van der Waals surface area contributed by atoms with Gasteiger partial charge >= 0.3 is 0 Å². The minimum Gasteiger partial charge on any atom is -0.205 e. The summed E-state index contributed by atoms with van der Waals surface area (Å²) in [5.74, 6) is 0.300. The topological polar surface area (TPSA) is 0 Å². The van der Waals surface area contributed by atoms with Crippen LogP contribution in [0.1, 0.15) is 18.4 Å². The number of rotatable bonds is 3. The molecule has 1 saturated carbocycles. The van der Waals surface area contributed by atoms with Gasteiger partial charge in [0.05, 0.1) is 5.02 Å². The Balaban J connectivity index is 2.21. The van der Waals surface area contributed by atoms with Gasteiger partial charge in [0.25, 0.3) is 0 Å². The van der Waals surface area contributed by atoms with Gasteiger partial charge in [0.1, 0.15) is 5.82 Å². The summed E-state index contributed by atoms with van der Waals surface area (Å²) in [5.41, 5.74) is 1.07. The van der Waals surface area contributed by atoms with E-state index < -0.39 is 0 Å². The zero-order valence-corrected chi connectivity index (χ0v) is 9.21. The molecule has 0 spiro atoms. The molecule has 2 rings (SSSR count). The molecule has 3 heteroatoms. The molecule has 0 unspecified atom stereocenters. The smallest absolute Gasteiger partial charge is 0.142 e. The third-order valence-corrected chi connectivity index (χ3v) is 3.83. The lowest BCUT2D eigenvalue weighted by molar-refractivity contribution is 0.571. The van der Waals surface area contributed by atoms with Crippen molar-refractivity contribution in [3.8, 4) is 0 Å². The van der Waals surface area contributed by atoms with Gasteiger partial charge in [-0.05, 0) is 36.3 Å². The minimum absolute atomic E-state index is 0.193. The van der Waals surface area contributed by atoms with E-state index in [0.29, 0.717) is 5.88 Å². The van der Waals surface area contributed by atoms with Crippen molar-refractivity contribution in [2.75, 3.05) is 5.88 Å². The zero-order valence-electron chi connectivity index (χ0n) is 7.69. The summed E-state index contributed by atoms with van der Waals surface area (Å²) in [6.45, 7) is 0. The molecule has 14 heavy (non-hydrogen) atoms. The van der Waals surface area contributed by atoms with Crippen LogP contribution < -0.4 is 0 Å². The van der Waals surface area contributed by atoms with Gasteiger partial charge in [-0.1, -0.05) is 23.7 Å². The quantitative estimate of drug-likeness (QED) is 0.691. The second kappa shape index (κ2) is 3.71. The lowest BCUT2D eigenvalue weighted by Gasteiger charge is -2.12. The van der Waals surface area contributed by atoms with Crippen molar-refractivity contribution in [1.29, 1.82) is 0 Å². The summed E-state index contributed by atoms with van der Waals surface area (Å²) in [6.07, 6.45) is 3.06. The first kappa shape index (κ1) is 10.3. The van der Waals surface area contributed by atoms with Crippen molar-refractivity contribution < 1.29 is 4.39 Å². The molecule has 0 heterocycles. The Labute approximate surface area is 93.0 Å². The molecule has 1 aliphatic rings. The first-order chi connectivity index (χ1) is 6.67. The Morgan fingerprint density at radius 2 is 2.07 bits per heavy atom. The fourth-order valence-corrected chi connectivity index (χ4v) is 2.18. The Bertz CT molecular complexity index is 345. The minimum atomic E-state index is -0.338. The van der Waals surface area contributed by atoms with E-state index in [1.807, 2.05) is 6.07 Å². The third-order valence-electron chi connectivity index (χ3n) is 2.84. The average molecular weight is 233 g/mol. The van der Waals surface area contributed by atoms with Crippen LogP contribution in [0.25, 0.3) is 0 Å². The molecular weight excluding hydrogens is 222 g/mol. The molecule has 0 bridgehead atoms. The SMILES string of the molecule is Fc1cccc(CC2(CCl)CC2)c1Cl. The van der Waals surface area contributed by atoms with Gasteiger partial charge in [0.15, 0.2) is 0 Å². The maximum absolute atomic E-state index is 13.1. The van der Waals surface area contributed by atoms with Gasteiger partial charge < -0.3 is 0 Å². The van der Waals surface area contributed by atoms with Crippen LogP contribution in [0.3, 0.4) is 0 Å². The molecule has 1 fully saturated rings. The van der Waals surface area contributed by atoms with E-state index in [-0.39, 0.29) is 16.3 Å². The predicted molar refractivity (Wildman–Crippen MR) is 57.5 cm³/mol. The van der Waals surface area contributed by atoms with Crippen molar-refractivity contribution in [2.45, 2.75) is 19.3 Å². The Morgan fingerprint density at radius 1 is 1.36 bits per heavy atom. The summed E-state index contributed by atoms with van der Waals surface area (Å²) < 4.78 is 13.1. The van der Waals surface area contributed by atoms with Crippen LogP contribution in [-0.2, 0) is 6.42 Å². The van der Waals surface area contributed by atoms with E-state index in [4.69, 9.17) is 23.2 Å². The van der Waals surface area contributed by atoms with Gasteiger partial charge in [-0.3, -0.25) is 0 Å². The van der Waals surface area contributed by atoms with Crippen molar-refractivity contribution in [3.63, 3.8) is 0 Å². The van der Waals surface area contributed by atoms with Crippen molar-refractivity contribution in [2.24, 2.45) is 5.41 Å². The Hall–Kier alpha value is -0.270. The highest BCUT2D eigenvalue weighted by molar-refractivity contribution is 6.31. The fourth-order valence-electron chi connectivity index (χ4n) is 1.62. The van der Waals surface area contributed by atoms with Gasteiger partial charge in [0, 0.05) is 5.88 Å². The van der Waals surface area contributed by atoms with Crippen LogP contribution in [0.5, 0.6) is 0 Å². The lowest BCUT2D eigenvalue weighted by atomic mass is 9.98. The lowest BCUT2D eigenvalue weighted by Crippen LogP contribution is -2.07. The molecule has 0 nitrogen and oxygen atoms in total. The summed E-state index contributed by atoms with van der Waals surface area (Å²) >= 11 is 11.7.